The summed E-state index contributed by atoms with van der Waals surface area (Å²) >= 11 is 0. The van der Waals surface area contributed by atoms with Gasteiger partial charge >= 0.3 is 11.9 Å². The van der Waals surface area contributed by atoms with Gasteiger partial charge in [-0.3, -0.25) is 19.2 Å². The van der Waals surface area contributed by atoms with Crippen molar-refractivity contribution >= 4 is 29.7 Å². The molecule has 4 atom stereocenters. The van der Waals surface area contributed by atoms with E-state index in [0.29, 0.717) is 0 Å². The number of aliphatic hydroxyl groups is 1. The highest BCUT2D eigenvalue weighted by atomic mass is 16.4. The van der Waals surface area contributed by atoms with E-state index >= 15 is 0 Å². The number of carbonyl (C=O) groups excluding carboxylic acids is 3. The number of rotatable bonds is 13. The van der Waals surface area contributed by atoms with Gasteiger partial charge < -0.3 is 37.0 Å². The fourth-order valence-electron chi connectivity index (χ4n) is 2.44. The van der Waals surface area contributed by atoms with E-state index in [1.165, 1.54) is 0 Å². The molecule has 172 valence electrons. The average molecular weight is 432 g/mol. The van der Waals surface area contributed by atoms with E-state index in [9.17, 15) is 29.1 Å². The second-order valence-corrected chi connectivity index (χ2v) is 7.58. The summed E-state index contributed by atoms with van der Waals surface area (Å²) in [5.41, 5.74) is 5.44. The monoisotopic (exact) mass is 432 g/mol. The maximum absolute atomic E-state index is 12.7. The van der Waals surface area contributed by atoms with Crippen molar-refractivity contribution in [3.63, 3.8) is 0 Å². The van der Waals surface area contributed by atoms with Crippen LogP contribution < -0.4 is 21.7 Å². The molecule has 8 N–H and O–H groups in total. The van der Waals surface area contributed by atoms with E-state index in [4.69, 9.17) is 15.9 Å². The highest BCUT2D eigenvalue weighted by molar-refractivity contribution is 5.94. The Kier molecular flexibility index (Phi) is 11.6. The third kappa shape index (κ3) is 9.18. The molecule has 4 unspecified atom stereocenters. The Morgan fingerprint density at radius 1 is 0.800 bits per heavy atom. The molecule has 0 rings (SSSR count). The van der Waals surface area contributed by atoms with Crippen LogP contribution in [-0.2, 0) is 24.0 Å². The number of hydrogen-bond donors (Lipinski definition) is 7. The summed E-state index contributed by atoms with van der Waals surface area (Å²) in [5.74, 6) is -5.64. The molecule has 12 heteroatoms. The Hall–Kier alpha value is -2.73. The molecule has 0 fully saturated rings. The van der Waals surface area contributed by atoms with Crippen LogP contribution in [0.1, 0.15) is 40.5 Å². The maximum atomic E-state index is 12.7. The van der Waals surface area contributed by atoms with Crippen LogP contribution in [0.15, 0.2) is 0 Å². The van der Waals surface area contributed by atoms with E-state index in [0.717, 1.165) is 0 Å². The quantitative estimate of drug-likeness (QED) is 0.172. The molecule has 0 heterocycles. The molecule has 3 amide bonds. The van der Waals surface area contributed by atoms with Crippen LogP contribution in [0.2, 0.25) is 0 Å². The van der Waals surface area contributed by atoms with Crippen LogP contribution in [0.3, 0.4) is 0 Å². The van der Waals surface area contributed by atoms with E-state index in [1.54, 1.807) is 27.7 Å². The minimum Gasteiger partial charge on any atom is -0.481 e. The molecule has 0 saturated carbocycles. The lowest BCUT2D eigenvalue weighted by atomic mass is 9.99. The molecular formula is C18H32N4O8. The normalized spacial score (nSPS) is 15.1. The van der Waals surface area contributed by atoms with Gasteiger partial charge in [0.2, 0.25) is 17.7 Å². The molecule has 0 bridgehead atoms. The van der Waals surface area contributed by atoms with Crippen LogP contribution >= 0.6 is 0 Å². The molecule has 30 heavy (non-hydrogen) atoms. The van der Waals surface area contributed by atoms with Crippen LogP contribution in [0.5, 0.6) is 0 Å². The predicted molar refractivity (Wildman–Crippen MR) is 105 cm³/mol. The Labute approximate surface area is 174 Å². The summed E-state index contributed by atoms with van der Waals surface area (Å²) in [6.07, 6.45) is -0.776. The lowest BCUT2D eigenvalue weighted by Crippen LogP contribution is -2.59. The van der Waals surface area contributed by atoms with Gasteiger partial charge in [0.25, 0.3) is 0 Å². The topological polar surface area (TPSA) is 208 Å². The smallest absolute Gasteiger partial charge is 0.326 e. The van der Waals surface area contributed by atoms with Crippen molar-refractivity contribution in [2.75, 3.05) is 6.61 Å². The molecule has 0 aliphatic heterocycles. The highest BCUT2D eigenvalue weighted by Crippen LogP contribution is 2.08. The van der Waals surface area contributed by atoms with E-state index in [-0.39, 0.29) is 12.3 Å². The largest absolute Gasteiger partial charge is 0.481 e. The number of carboxylic acid groups (broad SMARTS) is 2. The third-order valence-corrected chi connectivity index (χ3v) is 4.29. The molecule has 0 spiro atoms. The molecular weight excluding hydrogens is 400 g/mol. The molecule has 12 nitrogen and oxygen atoms in total. The van der Waals surface area contributed by atoms with Crippen molar-refractivity contribution in [1.29, 1.82) is 0 Å². The summed E-state index contributed by atoms with van der Waals surface area (Å²) in [6, 6.07) is -4.83. The van der Waals surface area contributed by atoms with Crippen LogP contribution in [0.4, 0.5) is 0 Å². The fourth-order valence-corrected chi connectivity index (χ4v) is 2.44. The van der Waals surface area contributed by atoms with Gasteiger partial charge in [-0.1, -0.05) is 27.7 Å². The van der Waals surface area contributed by atoms with Crippen LogP contribution in [-0.4, -0.2) is 75.8 Å². The number of carbonyl (C=O) groups is 5. The van der Waals surface area contributed by atoms with Crippen molar-refractivity contribution < 1.29 is 39.3 Å². The maximum Gasteiger partial charge on any atom is 0.326 e. The summed E-state index contributed by atoms with van der Waals surface area (Å²) < 4.78 is 0. The Balaban J connectivity index is 5.32. The van der Waals surface area contributed by atoms with Gasteiger partial charge in [-0.25, -0.2) is 4.79 Å². The number of nitrogens with two attached hydrogens (primary N) is 1. The first kappa shape index (κ1) is 27.3. The number of carboxylic acids is 2. The van der Waals surface area contributed by atoms with Gasteiger partial charge in [-0.2, -0.15) is 0 Å². The zero-order valence-electron chi connectivity index (χ0n) is 17.5. The summed E-state index contributed by atoms with van der Waals surface area (Å²) in [7, 11) is 0. The number of amides is 3. The summed E-state index contributed by atoms with van der Waals surface area (Å²) in [4.78, 5) is 59.2. The van der Waals surface area contributed by atoms with Gasteiger partial charge in [0.1, 0.15) is 24.2 Å². The van der Waals surface area contributed by atoms with Crippen molar-refractivity contribution in [2.24, 2.45) is 17.6 Å². The van der Waals surface area contributed by atoms with E-state index in [1.807, 2.05) is 0 Å². The van der Waals surface area contributed by atoms with Gasteiger partial charge in [0, 0.05) is 6.42 Å². The summed E-state index contributed by atoms with van der Waals surface area (Å²) in [6.45, 7) is 5.96. The molecule has 0 aliphatic carbocycles. The highest BCUT2D eigenvalue weighted by Gasteiger charge is 2.33. The second kappa shape index (κ2) is 12.8. The zero-order chi connectivity index (χ0) is 23.6. The molecule has 0 aromatic rings. The fraction of sp³-hybridized carbons (Fsp3) is 0.722. The third-order valence-electron chi connectivity index (χ3n) is 4.29. The number of hydrogen-bond acceptors (Lipinski definition) is 7. The van der Waals surface area contributed by atoms with Crippen molar-refractivity contribution in [2.45, 2.75) is 64.7 Å². The average Bonchev–Trinajstić information content (AvgIpc) is 2.64. The van der Waals surface area contributed by atoms with Crippen molar-refractivity contribution in [3.8, 4) is 0 Å². The molecule has 0 radical (unpaired) electrons. The standard InChI is InChI=1S/C18H32N4O8/c1-8(2)13(16(27)20-11(18(29)30)5-6-12(24)25)22-17(28)14(9(3)4)21-15(26)10(19)7-23/h8-11,13-14,23H,5-7,19H2,1-4H3,(H,20,27)(H,21,26)(H,22,28)(H,24,25)(H,29,30). The lowest BCUT2D eigenvalue weighted by molar-refractivity contribution is -0.143. The number of nitrogens with one attached hydrogen (secondary N) is 3. The zero-order valence-corrected chi connectivity index (χ0v) is 17.5. The first-order valence-electron chi connectivity index (χ1n) is 9.53. The Morgan fingerprint density at radius 3 is 1.60 bits per heavy atom. The van der Waals surface area contributed by atoms with E-state index < -0.39 is 72.8 Å². The van der Waals surface area contributed by atoms with E-state index in [2.05, 4.69) is 16.0 Å². The van der Waals surface area contributed by atoms with Gasteiger partial charge in [-0.05, 0) is 18.3 Å². The number of aliphatic carboxylic acids is 2. The lowest BCUT2D eigenvalue weighted by Gasteiger charge is -2.28. The van der Waals surface area contributed by atoms with Crippen LogP contribution in [0, 0.1) is 11.8 Å². The summed E-state index contributed by atoms with van der Waals surface area (Å²) in [5, 5.41) is 34.0. The van der Waals surface area contributed by atoms with Gasteiger partial charge in [-0.15, -0.1) is 0 Å². The molecule has 0 aromatic carbocycles. The molecule has 0 saturated heterocycles. The first-order valence-corrected chi connectivity index (χ1v) is 9.53. The van der Waals surface area contributed by atoms with Crippen LogP contribution in [0.25, 0.3) is 0 Å². The second-order valence-electron chi connectivity index (χ2n) is 7.58. The first-order chi connectivity index (χ1) is 13.8. The SMILES string of the molecule is CC(C)C(NC(=O)C(N)CO)C(=O)NC(C(=O)NC(CCC(=O)O)C(=O)O)C(C)C. The Morgan fingerprint density at radius 2 is 1.23 bits per heavy atom. The predicted octanol–water partition coefficient (Wildman–Crippen LogP) is -1.98. The van der Waals surface area contributed by atoms with Crippen molar-refractivity contribution in [1.82, 2.24) is 16.0 Å². The minimum atomic E-state index is -1.44. The van der Waals surface area contributed by atoms with Gasteiger partial charge in [0.05, 0.1) is 6.61 Å². The van der Waals surface area contributed by atoms with Crippen molar-refractivity contribution in [3.05, 3.63) is 0 Å². The minimum absolute atomic E-state index is 0.321. The van der Waals surface area contributed by atoms with Gasteiger partial charge in [0.15, 0.2) is 0 Å². The number of aliphatic hydroxyl groups excluding tert-OH is 1. The Bertz CT molecular complexity index is 638. The molecule has 0 aliphatic rings. The molecule has 0 aromatic heterocycles.